The summed E-state index contributed by atoms with van der Waals surface area (Å²) in [5.74, 6) is 2.70. The van der Waals surface area contributed by atoms with Gasteiger partial charge in [-0.25, -0.2) is 0 Å². The van der Waals surface area contributed by atoms with Crippen molar-refractivity contribution in [2.45, 2.75) is 31.6 Å². The molecule has 2 nitrogen and oxygen atoms in total. The van der Waals surface area contributed by atoms with Gasteiger partial charge >= 0.3 is 0 Å². The number of allylic oxidation sites excluding steroid dienone is 2. The molecule has 0 spiro atoms. The first-order chi connectivity index (χ1) is 12.2. The maximum Gasteiger partial charge on any atom is 0.231 e. The Kier molecular flexibility index (Phi) is 3.53. The highest BCUT2D eigenvalue weighted by atomic mass is 79.9. The van der Waals surface area contributed by atoms with Crippen LogP contribution in [0.2, 0.25) is 0 Å². The monoisotopic (exact) mass is 394 g/mol. The molecule has 5 rings (SSSR count). The highest BCUT2D eigenvalue weighted by molar-refractivity contribution is 9.10. The maximum absolute atomic E-state index is 5.63. The van der Waals surface area contributed by atoms with Crippen molar-refractivity contribution in [2.75, 3.05) is 6.79 Å². The molecule has 0 fully saturated rings. The van der Waals surface area contributed by atoms with Crippen LogP contribution in [0.5, 0.6) is 11.5 Å². The Morgan fingerprint density at radius 3 is 2.92 bits per heavy atom. The van der Waals surface area contributed by atoms with Crippen molar-refractivity contribution >= 4 is 28.1 Å². The van der Waals surface area contributed by atoms with Crippen LogP contribution in [-0.2, 0) is 0 Å². The van der Waals surface area contributed by atoms with E-state index in [9.17, 15) is 0 Å². The molecule has 0 N–H and O–H groups in total. The topological polar surface area (TPSA) is 18.5 Å². The normalized spacial score (nSPS) is 22.1. The van der Waals surface area contributed by atoms with E-state index in [1.807, 2.05) is 0 Å². The van der Waals surface area contributed by atoms with E-state index in [0.717, 1.165) is 28.8 Å². The van der Waals surface area contributed by atoms with Gasteiger partial charge < -0.3 is 9.47 Å². The van der Waals surface area contributed by atoms with Crippen LogP contribution in [0, 0.1) is 0 Å². The van der Waals surface area contributed by atoms with E-state index in [0.29, 0.717) is 18.6 Å². The molecule has 3 aliphatic rings. The summed E-state index contributed by atoms with van der Waals surface area (Å²) in [6, 6.07) is 10.9. The van der Waals surface area contributed by atoms with Crippen molar-refractivity contribution in [3.05, 3.63) is 68.7 Å². The second-order valence-electron chi connectivity index (χ2n) is 7.04. The Labute approximate surface area is 156 Å². The number of hydrogen-bond donors (Lipinski definition) is 0. The van der Waals surface area contributed by atoms with Crippen molar-refractivity contribution in [1.29, 1.82) is 0 Å². The lowest BCUT2D eigenvalue weighted by Gasteiger charge is -2.18. The summed E-state index contributed by atoms with van der Waals surface area (Å²) in [6.07, 6.45) is 9.22. The molecule has 1 aliphatic heterocycles. The van der Waals surface area contributed by atoms with Crippen molar-refractivity contribution in [3.8, 4) is 11.5 Å². The van der Waals surface area contributed by atoms with Gasteiger partial charge in [-0.2, -0.15) is 0 Å². The lowest BCUT2D eigenvalue weighted by Crippen LogP contribution is -2.02. The lowest BCUT2D eigenvalue weighted by molar-refractivity contribution is 0.173. The van der Waals surface area contributed by atoms with E-state index in [-0.39, 0.29) is 0 Å². The minimum atomic E-state index is 0.313. The second kappa shape index (κ2) is 5.77. The summed E-state index contributed by atoms with van der Waals surface area (Å²) < 4.78 is 12.3. The first kappa shape index (κ1) is 15.3. The Balaban J connectivity index is 1.41. The van der Waals surface area contributed by atoms with Crippen LogP contribution in [0.3, 0.4) is 0 Å². The minimum absolute atomic E-state index is 0.313. The first-order valence-electron chi connectivity index (χ1n) is 8.79. The fourth-order valence-corrected chi connectivity index (χ4v) is 5.00. The molecule has 1 heterocycles. The molecular formula is C22H19BrO2. The molecule has 0 saturated heterocycles. The third kappa shape index (κ3) is 2.36. The van der Waals surface area contributed by atoms with Crippen molar-refractivity contribution in [1.82, 2.24) is 0 Å². The van der Waals surface area contributed by atoms with Gasteiger partial charge in [0.25, 0.3) is 0 Å². The fraction of sp³-hybridized carbons (Fsp3) is 0.273. The van der Waals surface area contributed by atoms with Gasteiger partial charge in [0, 0.05) is 11.8 Å². The summed E-state index contributed by atoms with van der Waals surface area (Å²) in [6.45, 7) is 2.55. The zero-order chi connectivity index (χ0) is 17.0. The molecule has 0 radical (unpaired) electrons. The Hall–Kier alpha value is -2.00. The third-order valence-corrected chi connectivity index (χ3v) is 6.43. The molecule has 2 aromatic carbocycles. The van der Waals surface area contributed by atoms with Gasteiger partial charge in [-0.15, -0.1) is 0 Å². The maximum atomic E-state index is 5.63. The molecule has 0 bridgehead atoms. The highest BCUT2D eigenvalue weighted by Gasteiger charge is 2.31. The summed E-state index contributed by atoms with van der Waals surface area (Å²) in [4.78, 5) is 0. The van der Waals surface area contributed by atoms with Gasteiger partial charge in [0.15, 0.2) is 11.5 Å². The molecule has 126 valence electrons. The SMILES string of the molecule is CC1=Cc2c(cc3c(c2Br)OCO3)C1CCC1C=Cc2ccccc21. The second-order valence-corrected chi connectivity index (χ2v) is 7.83. The smallest absolute Gasteiger partial charge is 0.231 e. The highest BCUT2D eigenvalue weighted by Crippen LogP contribution is 2.51. The fourth-order valence-electron chi connectivity index (χ4n) is 4.35. The molecule has 3 heteroatoms. The average Bonchev–Trinajstić information content (AvgIpc) is 3.31. The molecule has 0 saturated carbocycles. The van der Waals surface area contributed by atoms with E-state index < -0.39 is 0 Å². The number of ether oxygens (including phenoxy) is 2. The predicted molar refractivity (Wildman–Crippen MR) is 104 cm³/mol. The molecule has 0 aromatic heterocycles. The quantitative estimate of drug-likeness (QED) is 0.610. The van der Waals surface area contributed by atoms with Gasteiger partial charge in [0.1, 0.15) is 0 Å². The zero-order valence-corrected chi connectivity index (χ0v) is 15.7. The number of fused-ring (bicyclic) bond motifs is 3. The lowest BCUT2D eigenvalue weighted by atomic mass is 9.86. The van der Waals surface area contributed by atoms with Crippen LogP contribution in [0.15, 0.2) is 46.5 Å². The summed E-state index contributed by atoms with van der Waals surface area (Å²) >= 11 is 3.72. The molecule has 2 aliphatic carbocycles. The number of benzene rings is 2. The van der Waals surface area contributed by atoms with E-state index in [1.54, 1.807) is 0 Å². The standard InChI is InChI=1S/C22H19BrO2/c1-13-10-19-18(11-20-22(21(19)23)25-12-24-20)16(13)9-8-15-7-6-14-4-2-3-5-17(14)15/h2-7,10-11,15-16H,8-9,12H2,1H3. The van der Waals surface area contributed by atoms with Crippen molar-refractivity contribution in [3.63, 3.8) is 0 Å². The van der Waals surface area contributed by atoms with E-state index in [2.05, 4.69) is 71.4 Å². The molecule has 2 atom stereocenters. The van der Waals surface area contributed by atoms with Gasteiger partial charge in [-0.05, 0) is 64.0 Å². The van der Waals surface area contributed by atoms with Gasteiger partial charge in [-0.3, -0.25) is 0 Å². The van der Waals surface area contributed by atoms with Crippen LogP contribution < -0.4 is 9.47 Å². The summed E-state index contributed by atoms with van der Waals surface area (Å²) in [7, 11) is 0. The summed E-state index contributed by atoms with van der Waals surface area (Å²) in [5.41, 5.74) is 6.89. The average molecular weight is 395 g/mol. The summed E-state index contributed by atoms with van der Waals surface area (Å²) in [5, 5.41) is 0. The van der Waals surface area contributed by atoms with Gasteiger partial charge in [-0.1, -0.05) is 48.1 Å². The van der Waals surface area contributed by atoms with E-state index >= 15 is 0 Å². The molecule has 0 amide bonds. The van der Waals surface area contributed by atoms with E-state index in [4.69, 9.17) is 9.47 Å². The largest absolute Gasteiger partial charge is 0.454 e. The van der Waals surface area contributed by atoms with E-state index in [1.165, 1.54) is 27.8 Å². The van der Waals surface area contributed by atoms with Crippen LogP contribution in [-0.4, -0.2) is 6.79 Å². The zero-order valence-electron chi connectivity index (χ0n) is 14.1. The van der Waals surface area contributed by atoms with Gasteiger partial charge in [0.05, 0.1) is 4.47 Å². The van der Waals surface area contributed by atoms with Crippen LogP contribution in [0.1, 0.15) is 53.9 Å². The minimum Gasteiger partial charge on any atom is -0.454 e. The molecule has 25 heavy (non-hydrogen) atoms. The Morgan fingerprint density at radius 1 is 1.12 bits per heavy atom. The predicted octanol–water partition coefficient (Wildman–Crippen LogP) is 6.27. The molecular weight excluding hydrogens is 376 g/mol. The van der Waals surface area contributed by atoms with Crippen LogP contribution in [0.4, 0.5) is 0 Å². The Bertz CT molecular complexity index is 926. The number of hydrogen-bond acceptors (Lipinski definition) is 2. The number of rotatable bonds is 3. The molecule has 2 unspecified atom stereocenters. The number of halogens is 1. The van der Waals surface area contributed by atoms with Crippen molar-refractivity contribution < 1.29 is 9.47 Å². The molecule has 2 aromatic rings. The van der Waals surface area contributed by atoms with Crippen molar-refractivity contribution in [2.24, 2.45) is 0 Å². The van der Waals surface area contributed by atoms with Crippen LogP contribution in [0.25, 0.3) is 12.2 Å². The van der Waals surface area contributed by atoms with Gasteiger partial charge in [0.2, 0.25) is 6.79 Å². The first-order valence-corrected chi connectivity index (χ1v) is 9.59. The third-order valence-electron chi connectivity index (χ3n) is 5.64. The Morgan fingerprint density at radius 2 is 2.00 bits per heavy atom. The van der Waals surface area contributed by atoms with Crippen LogP contribution >= 0.6 is 15.9 Å².